The highest BCUT2D eigenvalue weighted by atomic mass is 35.5. The zero-order chi connectivity index (χ0) is 24.3. The van der Waals surface area contributed by atoms with Gasteiger partial charge in [-0.05, 0) is 43.5 Å². The van der Waals surface area contributed by atoms with Gasteiger partial charge in [0.1, 0.15) is 17.3 Å². The second kappa shape index (κ2) is 7.59. The third-order valence-electron chi connectivity index (χ3n) is 6.18. The number of alkyl halides is 2. The highest BCUT2D eigenvalue weighted by molar-refractivity contribution is 6.30. The summed E-state index contributed by atoms with van der Waals surface area (Å²) in [4.78, 5) is 24.4. The molecule has 1 heterocycles. The molecule has 12 heteroatoms. The smallest absolute Gasteiger partial charge is 0.484 e. The fraction of sp³-hybridized carbons (Fsp3) is 0.364. The predicted molar refractivity (Wildman–Crippen MR) is 110 cm³/mol. The highest BCUT2D eigenvalue weighted by Crippen LogP contribution is 2.69. The van der Waals surface area contributed by atoms with Crippen LogP contribution in [0.3, 0.4) is 0 Å². The van der Waals surface area contributed by atoms with Gasteiger partial charge >= 0.3 is 6.29 Å². The standard InChI is InChI=1S/C22H18ClF3N2O6/c23-13-3-1-12(5-14(13)24)32-18(19(27)30)20-8-21(9-20,10-20)28-17(29)7-31-11-2-4-15-16(6-11)34-22(25,26)33-15/h1-6,18H,7-10H2,(H2,27,30)(H,28,29). The number of halogens is 4. The number of carbonyl (C=O) groups excluding carboxylic acids is 2. The van der Waals surface area contributed by atoms with Crippen molar-refractivity contribution in [2.75, 3.05) is 6.61 Å². The largest absolute Gasteiger partial charge is 0.586 e. The van der Waals surface area contributed by atoms with Gasteiger partial charge in [0.15, 0.2) is 24.2 Å². The molecule has 0 saturated heterocycles. The van der Waals surface area contributed by atoms with Crippen molar-refractivity contribution in [3.8, 4) is 23.0 Å². The van der Waals surface area contributed by atoms with Crippen molar-refractivity contribution >= 4 is 23.4 Å². The van der Waals surface area contributed by atoms with Crippen LogP contribution in [0.2, 0.25) is 5.02 Å². The molecule has 1 aliphatic heterocycles. The van der Waals surface area contributed by atoms with Crippen LogP contribution < -0.4 is 30.0 Å². The third-order valence-corrected chi connectivity index (χ3v) is 6.48. The van der Waals surface area contributed by atoms with E-state index in [2.05, 4.69) is 14.8 Å². The number of ether oxygens (including phenoxy) is 4. The monoisotopic (exact) mass is 498 g/mol. The van der Waals surface area contributed by atoms with Gasteiger partial charge in [-0.25, -0.2) is 4.39 Å². The Bertz CT molecular complexity index is 1170. The average Bonchev–Trinajstić information content (AvgIpc) is 3.02. The van der Waals surface area contributed by atoms with Gasteiger partial charge in [-0.1, -0.05) is 11.6 Å². The van der Waals surface area contributed by atoms with Crippen molar-refractivity contribution in [2.45, 2.75) is 37.2 Å². The van der Waals surface area contributed by atoms with Crippen LogP contribution in [0.1, 0.15) is 19.3 Å². The predicted octanol–water partition coefficient (Wildman–Crippen LogP) is 3.15. The molecule has 0 radical (unpaired) electrons. The molecule has 34 heavy (non-hydrogen) atoms. The third kappa shape index (κ3) is 3.93. The van der Waals surface area contributed by atoms with E-state index in [1.165, 1.54) is 30.3 Å². The lowest BCUT2D eigenvalue weighted by Crippen LogP contribution is -2.80. The molecule has 2 amide bonds. The molecule has 0 aromatic heterocycles. The molecule has 8 nitrogen and oxygen atoms in total. The van der Waals surface area contributed by atoms with E-state index in [9.17, 15) is 22.8 Å². The summed E-state index contributed by atoms with van der Waals surface area (Å²) in [7, 11) is 0. The molecule has 2 bridgehead atoms. The lowest BCUT2D eigenvalue weighted by molar-refractivity contribution is -0.286. The first-order valence-corrected chi connectivity index (χ1v) is 10.6. The lowest BCUT2D eigenvalue weighted by Gasteiger charge is -2.71. The van der Waals surface area contributed by atoms with Gasteiger partial charge in [-0.15, -0.1) is 8.78 Å². The SMILES string of the molecule is NC(=O)C(Oc1ccc(Cl)c(F)c1)C12CC(NC(=O)COc3ccc4c(c3)OC(F)(F)O4)(C1)C2. The number of hydrogen-bond acceptors (Lipinski definition) is 6. The maximum Gasteiger partial charge on any atom is 0.586 e. The normalized spacial score (nSPS) is 26.0. The van der Waals surface area contributed by atoms with Gasteiger partial charge in [-0.3, -0.25) is 9.59 Å². The summed E-state index contributed by atoms with van der Waals surface area (Å²) in [5.74, 6) is -1.83. The Labute approximate surface area is 196 Å². The number of rotatable bonds is 8. The molecular formula is C22H18ClF3N2O6. The van der Waals surface area contributed by atoms with Crippen LogP contribution in [0, 0.1) is 11.2 Å². The molecule has 1 atom stereocenters. The van der Waals surface area contributed by atoms with Gasteiger partial charge in [-0.2, -0.15) is 0 Å². The van der Waals surface area contributed by atoms with Crippen molar-refractivity contribution in [3.63, 3.8) is 0 Å². The Morgan fingerprint density at radius 3 is 2.44 bits per heavy atom. The van der Waals surface area contributed by atoms with Gasteiger partial charge in [0.25, 0.3) is 11.8 Å². The maximum atomic E-state index is 13.7. The molecule has 3 N–H and O–H groups in total. The van der Waals surface area contributed by atoms with Crippen LogP contribution in [-0.4, -0.2) is 36.4 Å². The fourth-order valence-electron chi connectivity index (χ4n) is 4.95. The van der Waals surface area contributed by atoms with Gasteiger partial charge in [0.05, 0.1) is 5.02 Å². The van der Waals surface area contributed by atoms with E-state index in [1.54, 1.807) is 0 Å². The van der Waals surface area contributed by atoms with Gasteiger partial charge in [0, 0.05) is 23.1 Å². The summed E-state index contributed by atoms with van der Waals surface area (Å²) in [5, 5.41) is 2.80. The fourth-order valence-corrected chi connectivity index (χ4v) is 5.07. The second-order valence-corrected chi connectivity index (χ2v) is 9.17. The van der Waals surface area contributed by atoms with Crippen LogP contribution in [0.4, 0.5) is 13.2 Å². The topological polar surface area (TPSA) is 109 Å². The molecule has 3 fully saturated rings. The summed E-state index contributed by atoms with van der Waals surface area (Å²) in [6.45, 7) is -0.357. The minimum Gasteiger partial charge on any atom is -0.484 e. The first-order chi connectivity index (χ1) is 16.0. The first-order valence-electron chi connectivity index (χ1n) is 10.2. The highest BCUT2D eigenvalue weighted by Gasteiger charge is 2.73. The summed E-state index contributed by atoms with van der Waals surface area (Å²) in [5.41, 5.74) is 4.46. The maximum absolute atomic E-state index is 13.7. The Hall–Kier alpha value is -3.34. The molecule has 180 valence electrons. The van der Waals surface area contributed by atoms with E-state index < -0.39 is 41.0 Å². The van der Waals surface area contributed by atoms with Crippen LogP contribution in [0.15, 0.2) is 36.4 Å². The van der Waals surface area contributed by atoms with E-state index in [0.29, 0.717) is 19.3 Å². The van der Waals surface area contributed by atoms with Gasteiger partial charge in [0.2, 0.25) is 0 Å². The molecule has 0 spiro atoms. The number of nitrogens with one attached hydrogen (secondary N) is 1. The molecule has 2 aromatic rings. The Balaban J connectivity index is 1.14. The van der Waals surface area contributed by atoms with Crippen molar-refractivity contribution in [1.29, 1.82) is 0 Å². The number of benzene rings is 2. The average molecular weight is 499 g/mol. The summed E-state index contributed by atoms with van der Waals surface area (Å²) >= 11 is 5.67. The number of nitrogens with two attached hydrogens (primary N) is 1. The van der Waals surface area contributed by atoms with E-state index in [4.69, 9.17) is 26.8 Å². The van der Waals surface area contributed by atoms with Crippen LogP contribution in [-0.2, 0) is 9.59 Å². The molecule has 6 rings (SSSR count). The Kier molecular flexibility index (Phi) is 5.01. The quantitative estimate of drug-likeness (QED) is 0.579. The molecular weight excluding hydrogens is 481 g/mol. The number of primary amides is 1. The van der Waals surface area contributed by atoms with E-state index >= 15 is 0 Å². The zero-order valence-corrected chi connectivity index (χ0v) is 18.2. The minimum absolute atomic E-state index is 0.0731. The van der Waals surface area contributed by atoms with Crippen molar-refractivity contribution in [3.05, 3.63) is 47.2 Å². The second-order valence-electron chi connectivity index (χ2n) is 8.76. The Morgan fingerprint density at radius 1 is 1.09 bits per heavy atom. The Morgan fingerprint density at radius 2 is 1.76 bits per heavy atom. The molecule has 3 aliphatic carbocycles. The summed E-state index contributed by atoms with van der Waals surface area (Å²) < 4.78 is 59.6. The summed E-state index contributed by atoms with van der Waals surface area (Å²) in [6, 6.07) is 7.68. The zero-order valence-electron chi connectivity index (χ0n) is 17.4. The molecule has 3 saturated carbocycles. The number of fused-ring (bicyclic) bond motifs is 1. The van der Waals surface area contributed by atoms with Gasteiger partial charge < -0.3 is 30.0 Å². The van der Waals surface area contributed by atoms with Crippen LogP contribution in [0.5, 0.6) is 23.0 Å². The lowest BCUT2D eigenvalue weighted by atomic mass is 9.37. The number of amides is 2. The van der Waals surface area contributed by atoms with Crippen molar-refractivity contribution in [1.82, 2.24) is 5.32 Å². The minimum atomic E-state index is -3.74. The van der Waals surface area contributed by atoms with Crippen LogP contribution in [0.25, 0.3) is 0 Å². The van der Waals surface area contributed by atoms with E-state index in [-0.39, 0.29) is 34.6 Å². The van der Waals surface area contributed by atoms with E-state index in [0.717, 1.165) is 6.07 Å². The van der Waals surface area contributed by atoms with Crippen molar-refractivity contribution < 1.29 is 41.7 Å². The molecule has 1 unspecified atom stereocenters. The summed E-state index contributed by atoms with van der Waals surface area (Å²) in [6.07, 6.45) is -3.38. The van der Waals surface area contributed by atoms with Crippen LogP contribution >= 0.6 is 11.6 Å². The number of hydrogen-bond donors (Lipinski definition) is 2. The van der Waals surface area contributed by atoms with Crippen molar-refractivity contribution in [2.24, 2.45) is 11.1 Å². The molecule has 4 aliphatic rings. The number of carbonyl (C=O) groups is 2. The molecule has 2 aromatic carbocycles. The first kappa shape index (κ1) is 22.5. The van der Waals surface area contributed by atoms with E-state index in [1.807, 2.05) is 0 Å².